The van der Waals surface area contributed by atoms with E-state index in [2.05, 4.69) is 10.2 Å². The third-order valence-corrected chi connectivity index (χ3v) is 7.02. The Morgan fingerprint density at radius 1 is 1.00 bits per heavy atom. The Hall–Kier alpha value is -2.15. The highest BCUT2D eigenvalue weighted by atomic mass is 16.6. The highest BCUT2D eigenvalue weighted by molar-refractivity contribution is 5.99. The molecule has 0 atom stereocenters. The van der Waals surface area contributed by atoms with E-state index in [1.165, 1.54) is 44.7 Å². The molecule has 7 nitrogen and oxygen atoms in total. The van der Waals surface area contributed by atoms with Gasteiger partial charge in [-0.1, -0.05) is 19.3 Å². The highest BCUT2D eigenvalue weighted by Crippen LogP contribution is 2.28. The number of carbonyl (C=O) groups excluding carboxylic acids is 1. The second-order valence-corrected chi connectivity index (χ2v) is 9.21. The minimum Gasteiger partial charge on any atom is -0.382 e. The van der Waals surface area contributed by atoms with Crippen molar-refractivity contribution in [1.29, 1.82) is 0 Å². The van der Waals surface area contributed by atoms with Crippen molar-refractivity contribution in [3.05, 3.63) is 33.9 Å². The minimum absolute atomic E-state index is 0.0975. The fourth-order valence-corrected chi connectivity index (χ4v) is 5.28. The predicted octanol–water partition coefficient (Wildman–Crippen LogP) is 4.29. The van der Waals surface area contributed by atoms with Crippen LogP contribution in [0.2, 0.25) is 0 Å². The van der Waals surface area contributed by atoms with E-state index in [1.807, 2.05) is 0 Å². The first-order valence-corrected chi connectivity index (χ1v) is 11.7. The molecule has 1 amide bonds. The molecule has 7 heteroatoms. The lowest BCUT2D eigenvalue weighted by molar-refractivity contribution is -0.385. The topological polar surface area (TPSA) is 78.7 Å². The average molecular weight is 415 g/mol. The van der Waals surface area contributed by atoms with E-state index in [1.54, 1.807) is 17.0 Å². The maximum atomic E-state index is 12.8. The molecule has 2 heterocycles. The normalized spacial score (nSPS) is 21.7. The number of nitrogens with one attached hydrogen (secondary N) is 1. The van der Waals surface area contributed by atoms with Crippen LogP contribution in [0.25, 0.3) is 0 Å². The Labute approximate surface area is 179 Å². The van der Waals surface area contributed by atoms with Gasteiger partial charge in [0, 0.05) is 50.5 Å². The molecular weight excluding hydrogens is 380 g/mol. The van der Waals surface area contributed by atoms with Crippen molar-refractivity contribution in [1.82, 2.24) is 9.80 Å². The SMILES string of the molecule is O=C(c1cc(NC2CCN(CC3CCCCC3)CC2)ccc1[N+](=O)[O-])N1CCCC1. The van der Waals surface area contributed by atoms with Crippen LogP contribution in [0, 0.1) is 16.0 Å². The molecule has 3 fully saturated rings. The van der Waals surface area contributed by atoms with Gasteiger partial charge < -0.3 is 15.1 Å². The van der Waals surface area contributed by atoms with Gasteiger partial charge in [-0.05, 0) is 56.6 Å². The number of piperidine rings is 1. The lowest BCUT2D eigenvalue weighted by atomic mass is 9.88. The summed E-state index contributed by atoms with van der Waals surface area (Å²) in [6.07, 6.45) is 11.0. The van der Waals surface area contributed by atoms with Crippen LogP contribution in [0.1, 0.15) is 68.1 Å². The molecule has 0 radical (unpaired) electrons. The molecule has 2 saturated heterocycles. The van der Waals surface area contributed by atoms with E-state index in [0.717, 1.165) is 50.4 Å². The molecule has 0 aromatic heterocycles. The fourth-order valence-electron chi connectivity index (χ4n) is 5.28. The van der Waals surface area contributed by atoms with Crippen LogP contribution in [0.15, 0.2) is 18.2 Å². The second kappa shape index (κ2) is 9.77. The van der Waals surface area contributed by atoms with Crippen LogP contribution in [0.5, 0.6) is 0 Å². The van der Waals surface area contributed by atoms with E-state index in [-0.39, 0.29) is 17.2 Å². The number of anilines is 1. The molecule has 0 spiro atoms. The van der Waals surface area contributed by atoms with Crippen molar-refractivity contribution >= 4 is 17.3 Å². The van der Waals surface area contributed by atoms with Gasteiger partial charge in [0.1, 0.15) is 5.56 Å². The van der Waals surface area contributed by atoms with Gasteiger partial charge in [-0.15, -0.1) is 0 Å². The van der Waals surface area contributed by atoms with Gasteiger partial charge >= 0.3 is 0 Å². The maximum Gasteiger partial charge on any atom is 0.282 e. The molecule has 4 rings (SSSR count). The zero-order valence-electron chi connectivity index (χ0n) is 17.9. The van der Waals surface area contributed by atoms with E-state index in [4.69, 9.17) is 0 Å². The fraction of sp³-hybridized carbons (Fsp3) is 0.696. The second-order valence-electron chi connectivity index (χ2n) is 9.21. The number of hydrogen-bond acceptors (Lipinski definition) is 5. The predicted molar refractivity (Wildman–Crippen MR) is 118 cm³/mol. The van der Waals surface area contributed by atoms with Gasteiger partial charge in [0.25, 0.3) is 11.6 Å². The summed E-state index contributed by atoms with van der Waals surface area (Å²) >= 11 is 0. The molecule has 1 aromatic carbocycles. The van der Waals surface area contributed by atoms with Crippen LogP contribution in [0.3, 0.4) is 0 Å². The Morgan fingerprint density at radius 2 is 1.70 bits per heavy atom. The van der Waals surface area contributed by atoms with Crippen molar-refractivity contribution in [2.45, 2.75) is 63.8 Å². The summed E-state index contributed by atoms with van der Waals surface area (Å²) in [6.45, 7) is 4.81. The standard InChI is InChI=1S/C23H34N4O3/c28-23(26-12-4-5-13-26)21-16-20(8-9-22(21)27(29)30)24-19-10-14-25(15-11-19)17-18-6-2-1-3-7-18/h8-9,16,18-19,24H,1-7,10-15,17H2. The number of nitrogens with zero attached hydrogens (tertiary/aromatic N) is 3. The Morgan fingerprint density at radius 3 is 2.37 bits per heavy atom. The van der Waals surface area contributed by atoms with Gasteiger partial charge in [0.2, 0.25) is 0 Å². The quantitative estimate of drug-likeness (QED) is 0.555. The molecule has 1 saturated carbocycles. The number of nitro benzene ring substituents is 1. The van der Waals surface area contributed by atoms with Crippen LogP contribution in [0.4, 0.5) is 11.4 Å². The summed E-state index contributed by atoms with van der Waals surface area (Å²) in [5, 5.41) is 15.0. The third-order valence-electron chi connectivity index (χ3n) is 7.02. The van der Waals surface area contributed by atoms with Gasteiger partial charge in [-0.3, -0.25) is 14.9 Å². The van der Waals surface area contributed by atoms with E-state index >= 15 is 0 Å². The van der Waals surface area contributed by atoms with Crippen LogP contribution in [-0.2, 0) is 0 Å². The minimum atomic E-state index is -0.448. The smallest absolute Gasteiger partial charge is 0.282 e. The maximum absolute atomic E-state index is 12.8. The molecule has 2 aliphatic heterocycles. The van der Waals surface area contributed by atoms with Crippen LogP contribution >= 0.6 is 0 Å². The first kappa shape index (κ1) is 21.1. The molecule has 1 aromatic rings. The van der Waals surface area contributed by atoms with E-state index in [9.17, 15) is 14.9 Å². The number of benzene rings is 1. The summed E-state index contributed by atoms with van der Waals surface area (Å²) in [6, 6.07) is 5.26. The summed E-state index contributed by atoms with van der Waals surface area (Å²) in [5.41, 5.74) is 0.926. The van der Waals surface area contributed by atoms with Crippen molar-refractivity contribution in [2.75, 3.05) is 38.0 Å². The Bertz CT molecular complexity index is 749. The van der Waals surface area contributed by atoms with Gasteiger partial charge in [0.05, 0.1) is 4.92 Å². The number of rotatable bonds is 6. The van der Waals surface area contributed by atoms with Crippen molar-refractivity contribution in [2.24, 2.45) is 5.92 Å². The van der Waals surface area contributed by atoms with Crippen LogP contribution in [-0.4, -0.2) is 59.4 Å². The molecule has 30 heavy (non-hydrogen) atoms. The first-order chi connectivity index (χ1) is 14.6. The van der Waals surface area contributed by atoms with Gasteiger partial charge in [-0.2, -0.15) is 0 Å². The largest absolute Gasteiger partial charge is 0.382 e. The van der Waals surface area contributed by atoms with Gasteiger partial charge in [-0.25, -0.2) is 0 Å². The lowest BCUT2D eigenvalue weighted by Gasteiger charge is -2.36. The molecular formula is C23H34N4O3. The molecule has 1 N–H and O–H groups in total. The van der Waals surface area contributed by atoms with Gasteiger partial charge in [0.15, 0.2) is 0 Å². The third kappa shape index (κ3) is 5.12. The zero-order valence-corrected chi connectivity index (χ0v) is 17.9. The van der Waals surface area contributed by atoms with E-state index < -0.39 is 4.92 Å². The molecule has 0 unspecified atom stereocenters. The van der Waals surface area contributed by atoms with Crippen molar-refractivity contribution < 1.29 is 9.72 Å². The highest BCUT2D eigenvalue weighted by Gasteiger charge is 2.28. The zero-order chi connectivity index (χ0) is 20.9. The summed E-state index contributed by atoms with van der Waals surface area (Å²) in [5.74, 6) is 0.655. The Kier molecular flexibility index (Phi) is 6.87. The van der Waals surface area contributed by atoms with E-state index in [0.29, 0.717) is 19.1 Å². The Balaban J connectivity index is 1.35. The number of hydrogen-bond donors (Lipinski definition) is 1. The molecule has 1 aliphatic carbocycles. The molecule has 164 valence electrons. The first-order valence-electron chi connectivity index (χ1n) is 11.7. The molecule has 0 bridgehead atoms. The monoisotopic (exact) mass is 414 g/mol. The van der Waals surface area contributed by atoms with Crippen molar-refractivity contribution in [3.63, 3.8) is 0 Å². The summed E-state index contributed by atoms with van der Waals surface area (Å²) < 4.78 is 0. The summed E-state index contributed by atoms with van der Waals surface area (Å²) in [7, 11) is 0. The average Bonchev–Trinajstić information content (AvgIpc) is 3.30. The summed E-state index contributed by atoms with van der Waals surface area (Å²) in [4.78, 5) is 28.2. The number of likely N-dealkylation sites (tertiary alicyclic amines) is 2. The number of nitro groups is 1. The lowest BCUT2D eigenvalue weighted by Crippen LogP contribution is -2.41. The van der Waals surface area contributed by atoms with Crippen LogP contribution < -0.4 is 5.32 Å². The number of amides is 1. The molecule has 3 aliphatic rings. The van der Waals surface area contributed by atoms with Crippen molar-refractivity contribution in [3.8, 4) is 0 Å². The number of carbonyl (C=O) groups is 1.